The summed E-state index contributed by atoms with van der Waals surface area (Å²) >= 11 is 3.23. The zero-order valence-corrected chi connectivity index (χ0v) is 11.5. The Morgan fingerprint density at radius 3 is 2.63 bits per heavy atom. The number of nitrogens with one attached hydrogen (secondary N) is 1. The van der Waals surface area contributed by atoms with E-state index in [-0.39, 0.29) is 17.0 Å². The van der Waals surface area contributed by atoms with E-state index in [1.165, 1.54) is 18.4 Å². The molecule has 0 bridgehead atoms. The molecule has 5 nitrogen and oxygen atoms in total. The Labute approximate surface area is 117 Å². The molecule has 1 aromatic heterocycles. The summed E-state index contributed by atoms with van der Waals surface area (Å²) in [4.78, 5) is 23.0. The van der Waals surface area contributed by atoms with Gasteiger partial charge in [-0.2, -0.15) is 0 Å². The van der Waals surface area contributed by atoms with Crippen LogP contribution in [0.15, 0.2) is 39.4 Å². The van der Waals surface area contributed by atoms with E-state index in [1.807, 2.05) is 0 Å². The van der Waals surface area contributed by atoms with Gasteiger partial charge in [0.2, 0.25) is 0 Å². The van der Waals surface area contributed by atoms with Crippen molar-refractivity contribution in [1.29, 1.82) is 0 Å². The monoisotopic (exact) mass is 323 g/mol. The highest BCUT2D eigenvalue weighted by Gasteiger charge is 2.17. The van der Waals surface area contributed by atoms with Crippen LogP contribution in [0.2, 0.25) is 0 Å². The molecule has 2 rings (SSSR count). The number of carboxylic acid groups (broad SMARTS) is 1. The summed E-state index contributed by atoms with van der Waals surface area (Å²) < 4.78 is 5.73. The number of amides is 1. The Balaban J connectivity index is 2.33. The van der Waals surface area contributed by atoms with Gasteiger partial charge in [-0.15, -0.1) is 0 Å². The lowest BCUT2D eigenvalue weighted by molar-refractivity contribution is 0.0698. The second-order valence-electron chi connectivity index (χ2n) is 3.88. The van der Waals surface area contributed by atoms with Crippen LogP contribution in [0.3, 0.4) is 0 Å². The fourth-order valence-electron chi connectivity index (χ4n) is 1.59. The maximum Gasteiger partial charge on any atom is 0.337 e. The van der Waals surface area contributed by atoms with Gasteiger partial charge < -0.3 is 14.8 Å². The number of rotatable bonds is 3. The van der Waals surface area contributed by atoms with Gasteiger partial charge in [0.25, 0.3) is 5.91 Å². The molecule has 1 amide bonds. The lowest BCUT2D eigenvalue weighted by Crippen LogP contribution is -2.15. The van der Waals surface area contributed by atoms with Gasteiger partial charge in [-0.05, 0) is 31.2 Å². The molecule has 0 aliphatic carbocycles. The molecular weight excluding hydrogens is 314 g/mol. The minimum Gasteiger partial charge on any atom is -0.478 e. The zero-order chi connectivity index (χ0) is 14.0. The molecule has 0 radical (unpaired) electrons. The van der Waals surface area contributed by atoms with E-state index in [0.717, 1.165) is 0 Å². The minimum atomic E-state index is -1.11. The number of aryl methyl sites for hydroxylation is 1. The van der Waals surface area contributed by atoms with Crippen molar-refractivity contribution in [2.24, 2.45) is 0 Å². The lowest BCUT2D eigenvalue weighted by Gasteiger charge is -2.08. The molecule has 0 aliphatic rings. The van der Waals surface area contributed by atoms with Crippen LogP contribution in [-0.4, -0.2) is 17.0 Å². The van der Waals surface area contributed by atoms with Crippen molar-refractivity contribution in [2.45, 2.75) is 6.92 Å². The predicted molar refractivity (Wildman–Crippen MR) is 72.5 cm³/mol. The topological polar surface area (TPSA) is 79.5 Å². The first-order valence-electron chi connectivity index (χ1n) is 5.37. The van der Waals surface area contributed by atoms with Gasteiger partial charge >= 0.3 is 5.97 Å². The fraction of sp³-hybridized carbons (Fsp3) is 0.0769. The lowest BCUT2D eigenvalue weighted by atomic mass is 10.1. The normalized spacial score (nSPS) is 10.2. The highest BCUT2D eigenvalue weighted by Crippen LogP contribution is 2.22. The van der Waals surface area contributed by atoms with E-state index in [0.29, 0.717) is 10.0 Å². The zero-order valence-electron chi connectivity index (χ0n) is 9.94. The number of carbonyl (C=O) groups excluding carboxylic acids is 1. The summed E-state index contributed by atoms with van der Waals surface area (Å²) in [7, 11) is 0. The van der Waals surface area contributed by atoms with E-state index in [9.17, 15) is 9.59 Å². The number of carbonyl (C=O) groups is 2. The van der Waals surface area contributed by atoms with Crippen molar-refractivity contribution >= 4 is 33.5 Å². The van der Waals surface area contributed by atoms with Crippen LogP contribution < -0.4 is 5.32 Å². The van der Waals surface area contributed by atoms with E-state index in [1.54, 1.807) is 19.1 Å². The van der Waals surface area contributed by atoms with Gasteiger partial charge in [-0.25, -0.2) is 4.79 Å². The van der Waals surface area contributed by atoms with Gasteiger partial charge in [0.05, 0.1) is 17.5 Å². The summed E-state index contributed by atoms with van der Waals surface area (Å²) in [5.74, 6) is -1.43. The summed E-state index contributed by atoms with van der Waals surface area (Å²) in [6.45, 7) is 1.73. The Bertz CT molecular complexity index is 648. The van der Waals surface area contributed by atoms with Crippen LogP contribution in [0.5, 0.6) is 0 Å². The van der Waals surface area contributed by atoms with Gasteiger partial charge in [-0.1, -0.05) is 15.9 Å². The first-order chi connectivity index (χ1) is 8.99. The van der Waals surface area contributed by atoms with Crippen molar-refractivity contribution in [2.75, 3.05) is 5.32 Å². The molecule has 0 unspecified atom stereocenters. The fourth-order valence-corrected chi connectivity index (χ4v) is 1.95. The highest BCUT2D eigenvalue weighted by atomic mass is 79.9. The Morgan fingerprint density at radius 1 is 1.32 bits per heavy atom. The molecule has 0 spiro atoms. The molecule has 0 saturated carbocycles. The Morgan fingerprint density at radius 2 is 2.05 bits per heavy atom. The molecule has 0 fully saturated rings. The number of carboxylic acids is 1. The maximum atomic E-state index is 12.0. The highest BCUT2D eigenvalue weighted by molar-refractivity contribution is 9.10. The molecule has 1 heterocycles. The minimum absolute atomic E-state index is 0.0146. The van der Waals surface area contributed by atoms with Gasteiger partial charge in [0.15, 0.2) is 5.76 Å². The largest absolute Gasteiger partial charge is 0.478 e. The molecule has 98 valence electrons. The average Bonchev–Trinajstić information content (AvgIpc) is 2.75. The van der Waals surface area contributed by atoms with Crippen molar-refractivity contribution < 1.29 is 19.1 Å². The van der Waals surface area contributed by atoms with Gasteiger partial charge in [0, 0.05) is 10.0 Å². The van der Waals surface area contributed by atoms with Crippen LogP contribution in [0, 0.1) is 6.92 Å². The third-order valence-corrected chi connectivity index (χ3v) is 3.02. The Kier molecular flexibility index (Phi) is 3.71. The van der Waals surface area contributed by atoms with E-state index >= 15 is 0 Å². The average molecular weight is 324 g/mol. The van der Waals surface area contributed by atoms with Crippen LogP contribution in [0.25, 0.3) is 0 Å². The molecule has 0 atom stereocenters. The van der Waals surface area contributed by atoms with Crippen molar-refractivity contribution in [3.8, 4) is 0 Å². The summed E-state index contributed by atoms with van der Waals surface area (Å²) in [6, 6.07) is 6.20. The van der Waals surface area contributed by atoms with Crippen LogP contribution in [0.4, 0.5) is 5.69 Å². The number of hydrogen-bond donors (Lipinski definition) is 2. The molecule has 2 N–H and O–H groups in total. The summed E-state index contributed by atoms with van der Waals surface area (Å²) in [5.41, 5.74) is 0.910. The van der Waals surface area contributed by atoms with Crippen LogP contribution in [0.1, 0.15) is 26.5 Å². The number of benzene rings is 1. The van der Waals surface area contributed by atoms with E-state index < -0.39 is 11.9 Å². The standard InChI is InChI=1S/C13H10BrNO4/c1-7-4-5-19-11(7)12(16)15-10-6-8(14)2-3-9(10)13(17)18/h2-6H,1H3,(H,15,16)(H,17,18). The van der Waals surface area contributed by atoms with Crippen molar-refractivity contribution in [3.05, 3.63) is 51.9 Å². The molecule has 1 aromatic carbocycles. The quantitative estimate of drug-likeness (QED) is 0.908. The number of aromatic carboxylic acids is 1. The maximum absolute atomic E-state index is 12.0. The first kappa shape index (κ1) is 13.4. The molecular formula is C13H10BrNO4. The third-order valence-electron chi connectivity index (χ3n) is 2.53. The third kappa shape index (κ3) is 2.85. The van der Waals surface area contributed by atoms with Crippen LogP contribution >= 0.6 is 15.9 Å². The first-order valence-corrected chi connectivity index (χ1v) is 6.16. The molecule has 6 heteroatoms. The molecule has 19 heavy (non-hydrogen) atoms. The molecule has 2 aromatic rings. The summed E-state index contributed by atoms with van der Waals surface area (Å²) in [6.07, 6.45) is 1.41. The number of halogens is 1. The van der Waals surface area contributed by atoms with Crippen molar-refractivity contribution in [1.82, 2.24) is 0 Å². The summed E-state index contributed by atoms with van der Waals surface area (Å²) in [5, 5.41) is 11.6. The number of hydrogen-bond acceptors (Lipinski definition) is 3. The van der Waals surface area contributed by atoms with Gasteiger partial charge in [0.1, 0.15) is 0 Å². The smallest absolute Gasteiger partial charge is 0.337 e. The second kappa shape index (κ2) is 5.27. The number of furan rings is 1. The van der Waals surface area contributed by atoms with E-state index in [2.05, 4.69) is 21.2 Å². The molecule has 0 aliphatic heterocycles. The van der Waals surface area contributed by atoms with E-state index in [4.69, 9.17) is 9.52 Å². The second-order valence-corrected chi connectivity index (χ2v) is 4.80. The number of anilines is 1. The predicted octanol–water partition coefficient (Wildman–Crippen LogP) is 3.30. The SMILES string of the molecule is Cc1ccoc1C(=O)Nc1cc(Br)ccc1C(=O)O. The van der Waals surface area contributed by atoms with Gasteiger partial charge in [-0.3, -0.25) is 4.79 Å². The van der Waals surface area contributed by atoms with Crippen LogP contribution in [-0.2, 0) is 0 Å². The van der Waals surface area contributed by atoms with Crippen molar-refractivity contribution in [3.63, 3.8) is 0 Å². The molecule has 0 saturated heterocycles. The Hall–Kier alpha value is -2.08.